The van der Waals surface area contributed by atoms with Crippen molar-refractivity contribution in [1.29, 1.82) is 0 Å². The van der Waals surface area contributed by atoms with Crippen molar-refractivity contribution in [1.82, 2.24) is 15.5 Å². The summed E-state index contributed by atoms with van der Waals surface area (Å²) in [6.07, 6.45) is 2.61. The molecule has 3 amide bonds. The lowest BCUT2D eigenvalue weighted by Gasteiger charge is -2.30. The second kappa shape index (κ2) is 15.6. The van der Waals surface area contributed by atoms with Gasteiger partial charge in [-0.1, -0.05) is 44.2 Å². The fourth-order valence-electron chi connectivity index (χ4n) is 3.14. The van der Waals surface area contributed by atoms with E-state index in [2.05, 4.69) is 23.3 Å². The van der Waals surface area contributed by atoms with Gasteiger partial charge in [-0.2, -0.15) is 24.4 Å². The Balaban J connectivity index is 3.04. The van der Waals surface area contributed by atoms with Crippen molar-refractivity contribution in [3.8, 4) is 0 Å². The second-order valence-electron chi connectivity index (χ2n) is 8.25. The molecule has 0 aliphatic carbocycles. The third-order valence-electron chi connectivity index (χ3n) is 5.17. The summed E-state index contributed by atoms with van der Waals surface area (Å²) in [4.78, 5) is 51.4. The van der Waals surface area contributed by atoms with E-state index in [9.17, 15) is 24.3 Å². The smallest absolute Gasteiger partial charge is 0.326 e. The van der Waals surface area contributed by atoms with Gasteiger partial charge in [0.25, 0.3) is 0 Å². The summed E-state index contributed by atoms with van der Waals surface area (Å²) in [5.74, 6) is -2.21. The molecule has 1 rings (SSSR count). The number of carboxylic acid groups (broad SMARTS) is 1. The molecule has 1 aromatic rings. The van der Waals surface area contributed by atoms with Crippen LogP contribution in [-0.2, 0) is 25.6 Å². The number of hydrogen-bond donors (Lipinski definition) is 5. The molecular formula is C23H36N4O5S2. The molecular weight excluding hydrogens is 476 g/mol. The highest BCUT2D eigenvalue weighted by atomic mass is 32.2. The van der Waals surface area contributed by atoms with Gasteiger partial charge in [-0.15, -0.1) is 0 Å². The lowest BCUT2D eigenvalue weighted by atomic mass is 10.0. The number of nitrogens with zero attached hydrogens (tertiary/aromatic N) is 1. The van der Waals surface area contributed by atoms with Crippen LogP contribution in [0.25, 0.3) is 0 Å². The van der Waals surface area contributed by atoms with Crippen molar-refractivity contribution >= 4 is 48.1 Å². The average Bonchev–Trinajstić information content (AvgIpc) is 2.81. The highest BCUT2D eigenvalue weighted by Gasteiger charge is 2.31. The minimum absolute atomic E-state index is 0.123. The Morgan fingerprint density at radius 1 is 1.15 bits per heavy atom. The molecule has 0 fully saturated rings. The zero-order chi connectivity index (χ0) is 25.7. The third-order valence-corrected chi connectivity index (χ3v) is 6.20. The van der Waals surface area contributed by atoms with Crippen LogP contribution in [0.15, 0.2) is 30.3 Å². The predicted octanol–water partition coefficient (Wildman–Crippen LogP) is 0.778. The Hall–Kier alpha value is -2.24. The van der Waals surface area contributed by atoms with Crippen LogP contribution in [0.4, 0.5) is 0 Å². The van der Waals surface area contributed by atoms with E-state index in [0.717, 1.165) is 5.56 Å². The SMILES string of the molecule is CSCC[C@H](NC(=O)CN(CCc1ccccc1)C(=O)[C@@H](NC(=O)[C@@H](N)CS)C(C)C)C(=O)O. The minimum atomic E-state index is -1.13. The molecule has 0 aliphatic heterocycles. The van der Waals surface area contributed by atoms with E-state index in [0.29, 0.717) is 12.2 Å². The summed E-state index contributed by atoms with van der Waals surface area (Å²) >= 11 is 5.51. The van der Waals surface area contributed by atoms with Gasteiger partial charge in [-0.05, 0) is 36.3 Å². The maximum atomic E-state index is 13.4. The topological polar surface area (TPSA) is 142 Å². The quantitative estimate of drug-likeness (QED) is 0.219. The molecule has 0 bridgehead atoms. The maximum Gasteiger partial charge on any atom is 0.326 e. The van der Waals surface area contributed by atoms with Crippen LogP contribution >= 0.6 is 24.4 Å². The molecule has 0 aliphatic rings. The van der Waals surface area contributed by atoms with Crippen molar-refractivity contribution in [2.75, 3.05) is 30.9 Å². The molecule has 11 heteroatoms. The van der Waals surface area contributed by atoms with Gasteiger partial charge >= 0.3 is 5.97 Å². The van der Waals surface area contributed by atoms with Crippen LogP contribution in [0.2, 0.25) is 0 Å². The third kappa shape index (κ3) is 10.4. The Morgan fingerprint density at radius 2 is 1.79 bits per heavy atom. The summed E-state index contributed by atoms with van der Waals surface area (Å²) in [6, 6.07) is 6.67. The van der Waals surface area contributed by atoms with Crippen molar-refractivity contribution < 1.29 is 24.3 Å². The van der Waals surface area contributed by atoms with Crippen LogP contribution < -0.4 is 16.4 Å². The van der Waals surface area contributed by atoms with Gasteiger partial charge in [-0.25, -0.2) is 4.79 Å². The number of aliphatic carboxylic acids is 1. The van der Waals surface area contributed by atoms with Gasteiger partial charge in [0.1, 0.15) is 12.1 Å². The fourth-order valence-corrected chi connectivity index (χ4v) is 3.77. The average molecular weight is 513 g/mol. The lowest BCUT2D eigenvalue weighted by molar-refractivity contribution is -0.143. The molecule has 0 heterocycles. The van der Waals surface area contributed by atoms with Crippen LogP contribution in [0.3, 0.4) is 0 Å². The zero-order valence-electron chi connectivity index (χ0n) is 19.9. The summed E-state index contributed by atoms with van der Waals surface area (Å²) in [5.41, 5.74) is 6.72. The number of carbonyl (C=O) groups excluding carboxylic acids is 3. The van der Waals surface area contributed by atoms with Crippen molar-refractivity contribution in [3.63, 3.8) is 0 Å². The Labute approximate surface area is 211 Å². The number of amides is 3. The molecule has 1 aromatic carbocycles. The van der Waals surface area contributed by atoms with E-state index in [-0.39, 0.29) is 31.2 Å². The van der Waals surface area contributed by atoms with Crippen LogP contribution in [0.5, 0.6) is 0 Å². The standard InChI is InChI=1S/C23H36N4O5S2/c1-15(2)20(26-21(29)17(24)14-33)22(30)27(11-9-16-7-5-4-6-8-16)13-19(28)25-18(23(31)32)10-12-34-3/h4-8,15,17-18,20,33H,9-14,24H2,1-3H3,(H,25,28)(H,26,29)(H,31,32)/t17-,18-,20-/m0/s1. The Kier molecular flexibility index (Phi) is 13.7. The number of thioether (sulfide) groups is 1. The first-order chi connectivity index (χ1) is 16.1. The van der Waals surface area contributed by atoms with Crippen LogP contribution in [0, 0.1) is 5.92 Å². The van der Waals surface area contributed by atoms with Gasteiger partial charge in [0.15, 0.2) is 0 Å². The van der Waals surface area contributed by atoms with Crippen LogP contribution in [-0.4, -0.2) is 82.7 Å². The first-order valence-electron chi connectivity index (χ1n) is 11.1. The summed E-state index contributed by atoms with van der Waals surface area (Å²) in [5, 5.41) is 14.6. The molecule has 0 saturated heterocycles. The summed E-state index contributed by atoms with van der Waals surface area (Å²) < 4.78 is 0. The van der Waals surface area contributed by atoms with E-state index in [1.165, 1.54) is 16.7 Å². The number of carboxylic acids is 1. The van der Waals surface area contributed by atoms with Gasteiger partial charge in [0, 0.05) is 12.3 Å². The van der Waals surface area contributed by atoms with Crippen molar-refractivity contribution in [2.45, 2.75) is 44.8 Å². The van der Waals surface area contributed by atoms with Gasteiger partial charge in [0.05, 0.1) is 12.6 Å². The first-order valence-corrected chi connectivity index (χ1v) is 13.1. The molecule has 3 atom stereocenters. The number of nitrogens with two attached hydrogens (primary N) is 1. The molecule has 0 radical (unpaired) electrons. The predicted molar refractivity (Wildman–Crippen MR) is 138 cm³/mol. The minimum Gasteiger partial charge on any atom is -0.480 e. The monoisotopic (exact) mass is 512 g/mol. The number of thiol groups is 1. The molecule has 9 nitrogen and oxygen atoms in total. The fraction of sp³-hybridized carbons (Fsp3) is 0.565. The van der Waals surface area contributed by atoms with Gasteiger partial charge in [0.2, 0.25) is 17.7 Å². The normalized spacial score (nSPS) is 13.6. The molecule has 5 N–H and O–H groups in total. The molecule has 34 heavy (non-hydrogen) atoms. The molecule has 0 spiro atoms. The molecule has 0 unspecified atom stereocenters. The van der Waals surface area contributed by atoms with E-state index in [1.54, 1.807) is 13.8 Å². The van der Waals surface area contributed by atoms with Gasteiger partial charge in [-0.3, -0.25) is 14.4 Å². The number of benzene rings is 1. The molecule has 190 valence electrons. The summed E-state index contributed by atoms with van der Waals surface area (Å²) in [7, 11) is 0. The Morgan fingerprint density at radius 3 is 2.32 bits per heavy atom. The largest absolute Gasteiger partial charge is 0.480 e. The summed E-state index contributed by atoms with van der Waals surface area (Å²) in [6.45, 7) is 3.46. The highest BCUT2D eigenvalue weighted by Crippen LogP contribution is 2.10. The first kappa shape index (κ1) is 29.8. The Bertz CT molecular complexity index is 810. The van der Waals surface area contributed by atoms with E-state index >= 15 is 0 Å². The number of hydrogen-bond acceptors (Lipinski definition) is 7. The second-order valence-corrected chi connectivity index (χ2v) is 9.61. The van der Waals surface area contributed by atoms with Crippen LogP contribution in [0.1, 0.15) is 25.8 Å². The number of rotatable bonds is 15. The molecule has 0 saturated carbocycles. The van der Waals surface area contributed by atoms with E-state index in [4.69, 9.17) is 5.73 Å². The lowest BCUT2D eigenvalue weighted by Crippen LogP contribution is -2.57. The molecule has 0 aromatic heterocycles. The van der Waals surface area contributed by atoms with E-state index < -0.39 is 41.8 Å². The highest BCUT2D eigenvalue weighted by molar-refractivity contribution is 7.98. The zero-order valence-corrected chi connectivity index (χ0v) is 21.6. The van der Waals surface area contributed by atoms with Crippen molar-refractivity contribution in [3.05, 3.63) is 35.9 Å². The van der Waals surface area contributed by atoms with E-state index in [1.807, 2.05) is 36.6 Å². The number of nitrogens with one attached hydrogen (secondary N) is 2. The maximum absolute atomic E-state index is 13.4. The van der Waals surface area contributed by atoms with Crippen molar-refractivity contribution in [2.24, 2.45) is 11.7 Å². The van der Waals surface area contributed by atoms with Gasteiger partial charge < -0.3 is 26.4 Å². The number of carbonyl (C=O) groups is 4.